The van der Waals surface area contributed by atoms with Gasteiger partial charge in [-0.05, 0) is 29.7 Å². The van der Waals surface area contributed by atoms with Crippen molar-refractivity contribution in [1.82, 2.24) is 0 Å². The Labute approximate surface area is 126 Å². The van der Waals surface area contributed by atoms with Gasteiger partial charge >= 0.3 is 0 Å². The van der Waals surface area contributed by atoms with Gasteiger partial charge in [-0.3, -0.25) is 4.79 Å². The maximum absolute atomic E-state index is 11.6. The van der Waals surface area contributed by atoms with Crippen molar-refractivity contribution in [2.24, 2.45) is 0 Å². The van der Waals surface area contributed by atoms with E-state index >= 15 is 0 Å². The number of hydrogen-bond acceptors (Lipinski definition) is 2. The quantitative estimate of drug-likeness (QED) is 0.520. The highest BCUT2D eigenvalue weighted by atomic mass is 16.5. The molecular formula is C19H22O2. The SMILES string of the molecule is CCCCOc1ccc(-c2ccc(C(=O)CC)cc2)cc1. The van der Waals surface area contributed by atoms with E-state index in [-0.39, 0.29) is 5.78 Å². The molecule has 0 spiro atoms. The predicted molar refractivity (Wildman–Crippen MR) is 86.9 cm³/mol. The monoisotopic (exact) mass is 282 g/mol. The normalized spacial score (nSPS) is 10.4. The molecule has 0 bridgehead atoms. The molecule has 0 unspecified atom stereocenters. The van der Waals surface area contributed by atoms with Gasteiger partial charge in [-0.1, -0.05) is 56.7 Å². The van der Waals surface area contributed by atoms with E-state index in [4.69, 9.17) is 4.74 Å². The number of hydrogen-bond donors (Lipinski definition) is 0. The largest absolute Gasteiger partial charge is 0.494 e. The molecule has 0 aliphatic heterocycles. The summed E-state index contributed by atoms with van der Waals surface area (Å²) in [7, 11) is 0. The van der Waals surface area contributed by atoms with Gasteiger partial charge in [-0.2, -0.15) is 0 Å². The summed E-state index contributed by atoms with van der Waals surface area (Å²) in [6.45, 7) is 4.80. The van der Waals surface area contributed by atoms with Gasteiger partial charge in [-0.25, -0.2) is 0 Å². The minimum absolute atomic E-state index is 0.182. The molecule has 0 aliphatic rings. The van der Waals surface area contributed by atoms with Crippen molar-refractivity contribution < 1.29 is 9.53 Å². The minimum Gasteiger partial charge on any atom is -0.494 e. The third-order valence-electron chi connectivity index (χ3n) is 3.48. The lowest BCUT2D eigenvalue weighted by Gasteiger charge is -2.07. The van der Waals surface area contributed by atoms with Crippen molar-refractivity contribution >= 4 is 5.78 Å². The highest BCUT2D eigenvalue weighted by molar-refractivity contribution is 5.96. The van der Waals surface area contributed by atoms with Crippen LogP contribution in [0.4, 0.5) is 0 Å². The lowest BCUT2D eigenvalue weighted by Crippen LogP contribution is -1.96. The molecule has 2 aromatic carbocycles. The summed E-state index contributed by atoms with van der Waals surface area (Å²) < 4.78 is 5.66. The van der Waals surface area contributed by atoms with Gasteiger partial charge in [-0.15, -0.1) is 0 Å². The van der Waals surface area contributed by atoms with Crippen molar-refractivity contribution in [3.63, 3.8) is 0 Å². The smallest absolute Gasteiger partial charge is 0.162 e. The van der Waals surface area contributed by atoms with Crippen LogP contribution in [0.3, 0.4) is 0 Å². The van der Waals surface area contributed by atoms with Crippen LogP contribution in [-0.4, -0.2) is 12.4 Å². The van der Waals surface area contributed by atoms with E-state index in [0.717, 1.165) is 41.9 Å². The second-order valence-electron chi connectivity index (χ2n) is 5.08. The van der Waals surface area contributed by atoms with Crippen LogP contribution in [0, 0.1) is 0 Å². The first-order valence-corrected chi connectivity index (χ1v) is 7.61. The first-order valence-electron chi connectivity index (χ1n) is 7.61. The average molecular weight is 282 g/mol. The lowest BCUT2D eigenvalue weighted by molar-refractivity contribution is 0.0988. The summed E-state index contributed by atoms with van der Waals surface area (Å²) in [5, 5.41) is 0. The molecule has 110 valence electrons. The Bertz CT molecular complexity index is 568. The van der Waals surface area contributed by atoms with Gasteiger partial charge in [0.2, 0.25) is 0 Å². The summed E-state index contributed by atoms with van der Waals surface area (Å²) in [4.78, 5) is 11.6. The maximum Gasteiger partial charge on any atom is 0.162 e. The molecule has 0 heterocycles. The van der Waals surface area contributed by atoms with E-state index in [9.17, 15) is 4.79 Å². The van der Waals surface area contributed by atoms with E-state index in [1.165, 1.54) is 0 Å². The van der Waals surface area contributed by atoms with Gasteiger partial charge < -0.3 is 4.74 Å². The van der Waals surface area contributed by atoms with Gasteiger partial charge in [0, 0.05) is 12.0 Å². The molecular weight excluding hydrogens is 260 g/mol. The minimum atomic E-state index is 0.182. The van der Waals surface area contributed by atoms with Crippen LogP contribution in [0.15, 0.2) is 48.5 Å². The van der Waals surface area contributed by atoms with Crippen LogP contribution in [0.2, 0.25) is 0 Å². The highest BCUT2D eigenvalue weighted by Gasteiger charge is 2.04. The molecule has 2 nitrogen and oxygen atoms in total. The molecule has 0 radical (unpaired) electrons. The fourth-order valence-corrected chi connectivity index (χ4v) is 2.13. The van der Waals surface area contributed by atoms with E-state index in [2.05, 4.69) is 19.1 Å². The van der Waals surface area contributed by atoms with Crippen LogP contribution in [-0.2, 0) is 0 Å². The van der Waals surface area contributed by atoms with Gasteiger partial charge in [0.25, 0.3) is 0 Å². The fourth-order valence-electron chi connectivity index (χ4n) is 2.13. The zero-order valence-corrected chi connectivity index (χ0v) is 12.8. The molecule has 0 atom stereocenters. The van der Waals surface area contributed by atoms with E-state index < -0.39 is 0 Å². The number of carbonyl (C=O) groups excluding carboxylic acids is 1. The van der Waals surface area contributed by atoms with Crippen LogP contribution in [0.25, 0.3) is 11.1 Å². The Hall–Kier alpha value is -2.09. The number of ether oxygens (including phenoxy) is 1. The Morgan fingerprint density at radius 1 is 0.905 bits per heavy atom. The van der Waals surface area contributed by atoms with Crippen molar-refractivity contribution in [1.29, 1.82) is 0 Å². The molecule has 0 saturated carbocycles. The van der Waals surface area contributed by atoms with Crippen LogP contribution >= 0.6 is 0 Å². The van der Waals surface area contributed by atoms with Gasteiger partial charge in [0.15, 0.2) is 5.78 Å². The molecule has 0 aromatic heterocycles. The van der Waals surface area contributed by atoms with Gasteiger partial charge in [0.05, 0.1) is 6.61 Å². The average Bonchev–Trinajstić information content (AvgIpc) is 2.55. The predicted octanol–water partition coefficient (Wildman–Crippen LogP) is 5.13. The number of ketones is 1. The Balaban J connectivity index is 2.06. The number of unbranched alkanes of at least 4 members (excludes halogenated alkanes) is 1. The van der Waals surface area contributed by atoms with Crippen LogP contribution in [0.1, 0.15) is 43.5 Å². The van der Waals surface area contributed by atoms with Crippen LogP contribution in [0.5, 0.6) is 5.75 Å². The van der Waals surface area contributed by atoms with Crippen molar-refractivity contribution in [2.45, 2.75) is 33.1 Å². The molecule has 0 N–H and O–H groups in total. The van der Waals surface area contributed by atoms with Crippen LogP contribution < -0.4 is 4.74 Å². The van der Waals surface area contributed by atoms with Crippen molar-refractivity contribution in [3.8, 4) is 16.9 Å². The molecule has 2 heteroatoms. The third kappa shape index (κ3) is 4.19. The third-order valence-corrected chi connectivity index (χ3v) is 3.48. The molecule has 0 fully saturated rings. The molecule has 2 rings (SSSR count). The Morgan fingerprint density at radius 3 is 2.00 bits per heavy atom. The summed E-state index contributed by atoms with van der Waals surface area (Å²) in [5.41, 5.74) is 3.02. The number of Topliss-reactive ketones (excluding diaryl/α,β-unsaturated/α-hetero) is 1. The zero-order valence-electron chi connectivity index (χ0n) is 12.8. The summed E-state index contributed by atoms with van der Waals surface area (Å²) in [6.07, 6.45) is 2.76. The molecule has 0 saturated heterocycles. The second kappa shape index (κ2) is 7.63. The van der Waals surface area contributed by atoms with Gasteiger partial charge in [0.1, 0.15) is 5.75 Å². The summed E-state index contributed by atoms with van der Waals surface area (Å²) >= 11 is 0. The first kappa shape index (κ1) is 15.3. The number of rotatable bonds is 7. The van der Waals surface area contributed by atoms with E-state index in [1.807, 2.05) is 43.3 Å². The molecule has 0 amide bonds. The number of carbonyl (C=O) groups is 1. The maximum atomic E-state index is 11.6. The molecule has 2 aromatic rings. The van der Waals surface area contributed by atoms with Crippen molar-refractivity contribution in [2.75, 3.05) is 6.61 Å². The standard InChI is InChI=1S/C19H22O2/c1-3-5-14-21-18-12-10-16(11-13-18)15-6-8-17(9-7-15)19(20)4-2/h6-13H,3-5,14H2,1-2H3. The van der Waals surface area contributed by atoms with E-state index in [1.54, 1.807) is 0 Å². The molecule has 0 aliphatic carbocycles. The van der Waals surface area contributed by atoms with Crippen molar-refractivity contribution in [3.05, 3.63) is 54.1 Å². The van der Waals surface area contributed by atoms with E-state index in [0.29, 0.717) is 6.42 Å². The molecule has 21 heavy (non-hydrogen) atoms. The second-order valence-corrected chi connectivity index (χ2v) is 5.08. The number of benzene rings is 2. The topological polar surface area (TPSA) is 26.3 Å². The Morgan fingerprint density at radius 2 is 1.48 bits per heavy atom. The first-order chi connectivity index (χ1) is 10.2. The zero-order chi connectivity index (χ0) is 15.1. The summed E-state index contributed by atoms with van der Waals surface area (Å²) in [6, 6.07) is 15.9. The summed E-state index contributed by atoms with van der Waals surface area (Å²) in [5.74, 6) is 1.09. The fraction of sp³-hybridized carbons (Fsp3) is 0.316. The lowest BCUT2D eigenvalue weighted by atomic mass is 10.0. The Kier molecular flexibility index (Phi) is 5.56. The highest BCUT2D eigenvalue weighted by Crippen LogP contribution is 2.23.